The Hall–Kier alpha value is -1.21. The summed E-state index contributed by atoms with van der Waals surface area (Å²) < 4.78 is 29.8. The average Bonchev–Trinajstić information content (AvgIpc) is 2.29. The molecule has 0 unspecified atom stereocenters. The number of ether oxygens (including phenoxy) is 1. The predicted octanol–water partition coefficient (Wildman–Crippen LogP) is 0.279. The molecular weight excluding hydrogens is 242 g/mol. The van der Waals surface area contributed by atoms with Crippen molar-refractivity contribution in [2.75, 3.05) is 19.3 Å². The third-order valence-electron chi connectivity index (χ3n) is 2.62. The van der Waals surface area contributed by atoms with Crippen molar-refractivity contribution >= 4 is 10.0 Å². The van der Waals surface area contributed by atoms with E-state index >= 15 is 0 Å². The molecule has 94 valence electrons. The number of sulfonamides is 1. The zero-order valence-corrected chi connectivity index (χ0v) is 10.4. The molecule has 0 radical (unpaired) electrons. The summed E-state index contributed by atoms with van der Waals surface area (Å²) in [7, 11) is -3.14. The minimum Gasteiger partial charge on any atom is -0.459 e. The van der Waals surface area contributed by atoms with E-state index in [1.165, 1.54) is 10.6 Å². The Balaban J connectivity index is 1.99. The van der Waals surface area contributed by atoms with Crippen LogP contribution >= 0.6 is 0 Å². The minimum absolute atomic E-state index is 0.166. The monoisotopic (exact) mass is 257 g/mol. The van der Waals surface area contributed by atoms with E-state index in [1.54, 1.807) is 18.5 Å². The minimum atomic E-state index is -3.14. The van der Waals surface area contributed by atoms with Crippen LogP contribution in [0.1, 0.15) is 12.8 Å². The Morgan fingerprint density at radius 3 is 2.76 bits per heavy atom. The molecule has 1 saturated heterocycles. The summed E-state index contributed by atoms with van der Waals surface area (Å²) in [6.45, 7) is 0.936. The second-order valence-corrected chi connectivity index (χ2v) is 6.02. The van der Waals surface area contributed by atoms with E-state index in [1.807, 2.05) is 0 Å². The van der Waals surface area contributed by atoms with E-state index in [-0.39, 0.29) is 6.10 Å². The first-order chi connectivity index (χ1) is 8.05. The second kappa shape index (κ2) is 4.97. The van der Waals surface area contributed by atoms with Crippen molar-refractivity contribution in [3.05, 3.63) is 18.5 Å². The second-order valence-electron chi connectivity index (χ2n) is 4.03. The standard InChI is InChI=1S/C10H15N3O3S/c1-17(14,15)13-7-2-4-9(8-13)16-10-11-5-3-6-12-10/h3,5-6,9H,2,4,7-8H2,1H3/t9-/m0/s1. The average molecular weight is 257 g/mol. The highest BCUT2D eigenvalue weighted by Crippen LogP contribution is 2.16. The number of hydrogen-bond acceptors (Lipinski definition) is 5. The maximum Gasteiger partial charge on any atom is 0.316 e. The molecule has 6 nitrogen and oxygen atoms in total. The lowest BCUT2D eigenvalue weighted by atomic mass is 10.1. The van der Waals surface area contributed by atoms with Crippen molar-refractivity contribution in [3.8, 4) is 6.01 Å². The fourth-order valence-electron chi connectivity index (χ4n) is 1.80. The molecule has 1 aliphatic rings. The van der Waals surface area contributed by atoms with Gasteiger partial charge in [-0.25, -0.2) is 18.4 Å². The molecule has 1 aromatic rings. The van der Waals surface area contributed by atoms with Crippen LogP contribution in [0.2, 0.25) is 0 Å². The normalized spacial score (nSPS) is 22.3. The Morgan fingerprint density at radius 1 is 1.41 bits per heavy atom. The first-order valence-corrected chi connectivity index (χ1v) is 7.29. The van der Waals surface area contributed by atoms with E-state index in [0.717, 1.165) is 12.8 Å². The molecule has 7 heteroatoms. The molecular formula is C10H15N3O3S. The van der Waals surface area contributed by atoms with Crippen LogP contribution in [0.4, 0.5) is 0 Å². The van der Waals surface area contributed by atoms with E-state index in [0.29, 0.717) is 19.1 Å². The maximum absolute atomic E-state index is 11.4. The van der Waals surface area contributed by atoms with Gasteiger partial charge >= 0.3 is 6.01 Å². The first kappa shape index (κ1) is 12.3. The lowest BCUT2D eigenvalue weighted by molar-refractivity contribution is 0.119. The highest BCUT2D eigenvalue weighted by molar-refractivity contribution is 7.88. The number of hydrogen-bond donors (Lipinski definition) is 0. The van der Waals surface area contributed by atoms with Crippen molar-refractivity contribution in [2.45, 2.75) is 18.9 Å². The molecule has 2 heterocycles. The summed E-state index contributed by atoms with van der Waals surface area (Å²) >= 11 is 0. The SMILES string of the molecule is CS(=O)(=O)N1CCC[C@H](Oc2ncccn2)C1. The van der Waals surface area contributed by atoms with Crippen molar-refractivity contribution in [1.29, 1.82) is 0 Å². The van der Waals surface area contributed by atoms with Crippen molar-refractivity contribution in [3.63, 3.8) is 0 Å². The van der Waals surface area contributed by atoms with Crippen LogP contribution in [0.3, 0.4) is 0 Å². The smallest absolute Gasteiger partial charge is 0.316 e. The number of piperidine rings is 1. The van der Waals surface area contributed by atoms with Gasteiger partial charge in [0.25, 0.3) is 0 Å². The van der Waals surface area contributed by atoms with Gasteiger partial charge in [-0.3, -0.25) is 0 Å². The third kappa shape index (κ3) is 3.37. The van der Waals surface area contributed by atoms with Crippen LogP contribution in [-0.2, 0) is 10.0 Å². The zero-order valence-electron chi connectivity index (χ0n) is 9.61. The Morgan fingerprint density at radius 2 is 2.12 bits per heavy atom. The fraction of sp³-hybridized carbons (Fsp3) is 0.600. The molecule has 0 spiro atoms. The quantitative estimate of drug-likeness (QED) is 0.777. The molecule has 0 N–H and O–H groups in total. The molecule has 0 amide bonds. The topological polar surface area (TPSA) is 72.4 Å². The Kier molecular flexibility index (Phi) is 3.58. The fourth-order valence-corrected chi connectivity index (χ4v) is 2.70. The largest absolute Gasteiger partial charge is 0.459 e. The number of aromatic nitrogens is 2. The summed E-state index contributed by atoms with van der Waals surface area (Å²) in [6.07, 6.45) is 5.86. The zero-order chi connectivity index (χ0) is 12.3. The molecule has 0 bridgehead atoms. The van der Waals surface area contributed by atoms with Gasteiger partial charge in [-0.1, -0.05) is 0 Å². The summed E-state index contributed by atoms with van der Waals surface area (Å²) in [6, 6.07) is 2.00. The molecule has 1 aliphatic heterocycles. The van der Waals surface area contributed by atoms with Crippen LogP contribution in [0.5, 0.6) is 6.01 Å². The summed E-state index contributed by atoms with van der Waals surface area (Å²) in [5.41, 5.74) is 0. The maximum atomic E-state index is 11.4. The van der Waals surface area contributed by atoms with Crippen LogP contribution in [0.15, 0.2) is 18.5 Å². The summed E-state index contributed by atoms with van der Waals surface area (Å²) in [5, 5.41) is 0. The predicted molar refractivity (Wildman–Crippen MR) is 62.1 cm³/mol. The summed E-state index contributed by atoms with van der Waals surface area (Å²) in [5.74, 6) is 0. The van der Waals surface area contributed by atoms with Gasteiger partial charge in [-0.05, 0) is 18.9 Å². The third-order valence-corrected chi connectivity index (χ3v) is 3.89. The Bertz CT molecular complexity index is 463. The molecule has 0 saturated carbocycles. The van der Waals surface area contributed by atoms with Crippen molar-refractivity contribution in [2.24, 2.45) is 0 Å². The van der Waals surface area contributed by atoms with Gasteiger partial charge in [0.15, 0.2) is 0 Å². The molecule has 1 aromatic heterocycles. The molecule has 17 heavy (non-hydrogen) atoms. The highest BCUT2D eigenvalue weighted by atomic mass is 32.2. The van der Waals surface area contributed by atoms with E-state index < -0.39 is 10.0 Å². The van der Waals surface area contributed by atoms with E-state index in [4.69, 9.17) is 4.74 Å². The lowest BCUT2D eigenvalue weighted by Gasteiger charge is -2.30. The van der Waals surface area contributed by atoms with Gasteiger partial charge in [0.1, 0.15) is 6.10 Å². The molecule has 0 aliphatic carbocycles. The van der Waals surface area contributed by atoms with Crippen LogP contribution in [0.25, 0.3) is 0 Å². The van der Waals surface area contributed by atoms with Crippen LogP contribution < -0.4 is 4.74 Å². The van der Waals surface area contributed by atoms with E-state index in [9.17, 15) is 8.42 Å². The highest BCUT2D eigenvalue weighted by Gasteiger charge is 2.27. The molecule has 2 rings (SSSR count). The van der Waals surface area contributed by atoms with Gasteiger partial charge in [0, 0.05) is 18.9 Å². The molecule has 1 fully saturated rings. The van der Waals surface area contributed by atoms with E-state index in [2.05, 4.69) is 9.97 Å². The van der Waals surface area contributed by atoms with Gasteiger partial charge in [0.05, 0.1) is 12.8 Å². The van der Waals surface area contributed by atoms with Gasteiger partial charge in [0.2, 0.25) is 10.0 Å². The Labute approximate surface area is 101 Å². The van der Waals surface area contributed by atoms with Crippen LogP contribution in [0, 0.1) is 0 Å². The number of rotatable bonds is 3. The summed E-state index contributed by atoms with van der Waals surface area (Å²) in [4.78, 5) is 7.92. The lowest BCUT2D eigenvalue weighted by Crippen LogP contribution is -2.44. The van der Waals surface area contributed by atoms with Gasteiger partial charge in [-0.2, -0.15) is 4.31 Å². The van der Waals surface area contributed by atoms with Crippen LogP contribution in [-0.4, -0.2) is 48.1 Å². The first-order valence-electron chi connectivity index (χ1n) is 5.44. The van der Waals surface area contributed by atoms with Crippen molar-refractivity contribution < 1.29 is 13.2 Å². The van der Waals surface area contributed by atoms with Gasteiger partial charge < -0.3 is 4.74 Å². The van der Waals surface area contributed by atoms with Gasteiger partial charge in [-0.15, -0.1) is 0 Å². The van der Waals surface area contributed by atoms with Crippen molar-refractivity contribution in [1.82, 2.24) is 14.3 Å². The molecule has 0 aromatic carbocycles. The molecule has 1 atom stereocenters. The number of nitrogens with zero attached hydrogens (tertiary/aromatic N) is 3.